The Hall–Kier alpha value is -1.06. The van der Waals surface area contributed by atoms with Crippen LogP contribution in [0.2, 0.25) is 5.02 Å². The molecule has 0 saturated heterocycles. The van der Waals surface area contributed by atoms with Crippen LogP contribution >= 0.6 is 11.6 Å². The molecule has 0 bridgehead atoms. The van der Waals surface area contributed by atoms with Crippen LogP contribution < -0.4 is 5.73 Å². The smallest absolute Gasteiger partial charge is 0.202 e. The fourth-order valence-corrected chi connectivity index (χ4v) is 1.97. The van der Waals surface area contributed by atoms with E-state index < -0.39 is 5.54 Å². The molecular formula is C14H19ClN2O. The van der Waals surface area contributed by atoms with Gasteiger partial charge >= 0.3 is 0 Å². The molecule has 1 aromatic carbocycles. The zero-order chi connectivity index (χ0) is 13.7. The third-order valence-electron chi connectivity index (χ3n) is 3.79. The van der Waals surface area contributed by atoms with Gasteiger partial charge in [0, 0.05) is 10.6 Å². The Balaban J connectivity index is 2.65. The molecule has 0 atom stereocenters. The monoisotopic (exact) mass is 266 g/mol. The topological polar surface area (TPSA) is 52.0 Å². The quantitative estimate of drug-likeness (QED) is 0.899. The molecule has 1 aromatic heterocycles. The second-order valence-electron chi connectivity index (χ2n) is 5.94. The summed E-state index contributed by atoms with van der Waals surface area (Å²) in [6.45, 7) is 9.98. The van der Waals surface area contributed by atoms with E-state index in [9.17, 15) is 0 Å². The van der Waals surface area contributed by atoms with Gasteiger partial charge in [0.1, 0.15) is 5.52 Å². The van der Waals surface area contributed by atoms with Crippen LogP contribution in [0.15, 0.2) is 16.5 Å². The van der Waals surface area contributed by atoms with Crippen LogP contribution in [-0.4, -0.2) is 10.5 Å². The van der Waals surface area contributed by atoms with Crippen LogP contribution in [0, 0.1) is 6.92 Å². The average Bonchev–Trinajstić information content (AvgIpc) is 2.59. The van der Waals surface area contributed by atoms with E-state index in [0.717, 1.165) is 16.7 Å². The molecule has 0 aliphatic heterocycles. The van der Waals surface area contributed by atoms with Crippen LogP contribution in [0.1, 0.15) is 39.1 Å². The van der Waals surface area contributed by atoms with E-state index >= 15 is 0 Å². The third-order valence-corrected chi connectivity index (χ3v) is 4.00. The minimum atomic E-state index is -0.425. The van der Waals surface area contributed by atoms with Crippen molar-refractivity contribution >= 4 is 22.7 Å². The summed E-state index contributed by atoms with van der Waals surface area (Å²) < 4.78 is 5.90. The lowest BCUT2D eigenvalue weighted by molar-refractivity contribution is 0.251. The standard InChI is InChI=1S/C14H19ClN2O/c1-8-6-9(15)7-10-11(8)18-12(17-10)13(2,3)14(4,5)16/h6-7H,16H2,1-5H3. The maximum Gasteiger partial charge on any atom is 0.202 e. The first-order chi connectivity index (χ1) is 8.13. The van der Waals surface area contributed by atoms with Gasteiger partial charge < -0.3 is 10.2 Å². The molecule has 4 heteroatoms. The number of oxazole rings is 1. The van der Waals surface area contributed by atoms with Crippen molar-refractivity contribution in [3.8, 4) is 0 Å². The number of aromatic nitrogens is 1. The highest BCUT2D eigenvalue weighted by atomic mass is 35.5. The predicted octanol–water partition coefficient (Wildman–Crippen LogP) is 3.80. The summed E-state index contributed by atoms with van der Waals surface area (Å²) in [5.74, 6) is 0.648. The molecule has 0 radical (unpaired) electrons. The van der Waals surface area contributed by atoms with Crippen molar-refractivity contribution in [2.75, 3.05) is 0 Å². The van der Waals surface area contributed by atoms with E-state index in [2.05, 4.69) is 4.98 Å². The Morgan fingerprint density at radius 3 is 2.39 bits per heavy atom. The number of benzene rings is 1. The van der Waals surface area contributed by atoms with Gasteiger partial charge in [0.15, 0.2) is 5.58 Å². The van der Waals surface area contributed by atoms with Crippen molar-refractivity contribution in [3.05, 3.63) is 28.6 Å². The Morgan fingerprint density at radius 1 is 1.22 bits per heavy atom. The number of aryl methyl sites for hydroxylation is 1. The number of hydrogen-bond donors (Lipinski definition) is 1. The van der Waals surface area contributed by atoms with E-state index in [1.165, 1.54) is 0 Å². The van der Waals surface area contributed by atoms with Crippen molar-refractivity contribution in [1.29, 1.82) is 0 Å². The molecule has 2 aromatic rings. The number of nitrogens with zero attached hydrogens (tertiary/aromatic N) is 1. The summed E-state index contributed by atoms with van der Waals surface area (Å²) in [5, 5.41) is 0.671. The van der Waals surface area contributed by atoms with E-state index in [1.807, 2.05) is 46.8 Å². The summed E-state index contributed by atoms with van der Waals surface area (Å²) in [7, 11) is 0. The average molecular weight is 267 g/mol. The Bertz CT molecular complexity index is 594. The first kappa shape index (κ1) is 13.4. The van der Waals surface area contributed by atoms with Crippen molar-refractivity contribution < 1.29 is 4.42 Å². The lowest BCUT2D eigenvalue weighted by atomic mass is 9.75. The van der Waals surface area contributed by atoms with Gasteiger partial charge in [-0.3, -0.25) is 0 Å². The molecule has 2 N–H and O–H groups in total. The number of halogens is 1. The van der Waals surface area contributed by atoms with Crippen LogP contribution in [0.3, 0.4) is 0 Å². The van der Waals surface area contributed by atoms with Crippen molar-refractivity contribution in [3.63, 3.8) is 0 Å². The van der Waals surface area contributed by atoms with E-state index in [0.29, 0.717) is 10.9 Å². The Kier molecular flexibility index (Phi) is 2.95. The van der Waals surface area contributed by atoms with Gasteiger partial charge in [-0.2, -0.15) is 0 Å². The SMILES string of the molecule is Cc1cc(Cl)cc2nc(C(C)(C)C(C)(C)N)oc12. The van der Waals surface area contributed by atoms with E-state index in [4.69, 9.17) is 21.8 Å². The second kappa shape index (κ2) is 3.97. The van der Waals surface area contributed by atoms with Gasteiger partial charge in [0.25, 0.3) is 0 Å². The summed E-state index contributed by atoms with van der Waals surface area (Å²) in [6.07, 6.45) is 0. The highest BCUT2D eigenvalue weighted by molar-refractivity contribution is 6.31. The Morgan fingerprint density at radius 2 is 1.83 bits per heavy atom. The summed E-state index contributed by atoms with van der Waals surface area (Å²) in [4.78, 5) is 4.54. The van der Waals surface area contributed by atoms with Crippen LogP contribution in [0.25, 0.3) is 11.1 Å². The van der Waals surface area contributed by atoms with Crippen molar-refractivity contribution in [1.82, 2.24) is 4.98 Å². The second-order valence-corrected chi connectivity index (χ2v) is 6.37. The zero-order valence-electron chi connectivity index (χ0n) is 11.5. The summed E-state index contributed by atoms with van der Waals surface area (Å²) >= 11 is 6.03. The predicted molar refractivity (Wildman–Crippen MR) is 75.0 cm³/mol. The maximum atomic E-state index is 6.21. The van der Waals surface area contributed by atoms with Crippen LogP contribution in [0.4, 0.5) is 0 Å². The summed E-state index contributed by atoms with van der Waals surface area (Å²) in [6, 6.07) is 3.69. The highest BCUT2D eigenvalue weighted by Crippen LogP contribution is 2.35. The van der Waals surface area contributed by atoms with Gasteiger partial charge in [0.05, 0.1) is 5.41 Å². The molecule has 0 fully saturated rings. The fraction of sp³-hybridized carbons (Fsp3) is 0.500. The minimum absolute atomic E-state index is 0.356. The Labute approximate surface area is 112 Å². The van der Waals surface area contributed by atoms with Gasteiger partial charge in [-0.1, -0.05) is 11.6 Å². The molecule has 0 spiro atoms. The van der Waals surface area contributed by atoms with Gasteiger partial charge in [-0.25, -0.2) is 4.98 Å². The number of hydrogen-bond acceptors (Lipinski definition) is 3. The minimum Gasteiger partial charge on any atom is -0.440 e. The fourth-order valence-electron chi connectivity index (χ4n) is 1.70. The molecule has 0 aliphatic carbocycles. The lowest BCUT2D eigenvalue weighted by Crippen LogP contribution is -2.50. The molecule has 3 nitrogen and oxygen atoms in total. The van der Waals surface area contributed by atoms with Gasteiger partial charge in [-0.05, 0) is 52.3 Å². The first-order valence-electron chi connectivity index (χ1n) is 5.99. The van der Waals surface area contributed by atoms with Crippen LogP contribution in [-0.2, 0) is 5.41 Å². The zero-order valence-corrected chi connectivity index (χ0v) is 12.2. The number of rotatable bonds is 2. The molecule has 18 heavy (non-hydrogen) atoms. The highest BCUT2D eigenvalue weighted by Gasteiger charge is 2.39. The molecule has 0 unspecified atom stereocenters. The van der Waals surface area contributed by atoms with Crippen molar-refractivity contribution in [2.45, 2.75) is 45.6 Å². The van der Waals surface area contributed by atoms with Crippen molar-refractivity contribution in [2.24, 2.45) is 5.73 Å². The summed E-state index contributed by atoms with van der Waals surface area (Å²) in [5.41, 5.74) is 7.98. The molecule has 0 saturated carbocycles. The third kappa shape index (κ3) is 2.02. The lowest BCUT2D eigenvalue weighted by Gasteiger charge is -2.35. The normalized spacial score (nSPS) is 13.3. The van der Waals surface area contributed by atoms with E-state index in [1.54, 1.807) is 0 Å². The van der Waals surface area contributed by atoms with Gasteiger partial charge in [-0.15, -0.1) is 0 Å². The first-order valence-corrected chi connectivity index (χ1v) is 6.37. The van der Waals surface area contributed by atoms with E-state index in [-0.39, 0.29) is 5.41 Å². The molecule has 2 rings (SSSR count). The largest absolute Gasteiger partial charge is 0.440 e. The molecule has 0 amide bonds. The van der Waals surface area contributed by atoms with Gasteiger partial charge in [0.2, 0.25) is 5.89 Å². The number of fused-ring (bicyclic) bond motifs is 1. The molecular weight excluding hydrogens is 248 g/mol. The molecule has 98 valence electrons. The maximum absolute atomic E-state index is 6.21. The number of nitrogens with two attached hydrogens (primary N) is 1. The molecule has 0 aliphatic rings. The van der Waals surface area contributed by atoms with Crippen LogP contribution in [0.5, 0.6) is 0 Å². The molecule has 1 heterocycles.